The van der Waals surface area contributed by atoms with Crippen LogP contribution >= 0.6 is 11.3 Å². The van der Waals surface area contributed by atoms with Gasteiger partial charge in [-0.2, -0.15) is 0 Å². The van der Waals surface area contributed by atoms with Gasteiger partial charge in [-0.3, -0.25) is 11.3 Å². The summed E-state index contributed by atoms with van der Waals surface area (Å²) >= 11 is 1.71. The maximum absolute atomic E-state index is 13.2. The third kappa shape index (κ3) is 2.81. The summed E-state index contributed by atoms with van der Waals surface area (Å²) in [7, 11) is 0. The lowest BCUT2D eigenvalue weighted by molar-refractivity contribution is 0.404. The molecule has 0 aliphatic heterocycles. The Labute approximate surface area is 116 Å². The fourth-order valence-electron chi connectivity index (χ4n) is 3.05. The number of benzene rings is 1. The molecule has 1 aromatic carbocycles. The maximum atomic E-state index is 13.2. The number of hydrogen-bond donors (Lipinski definition) is 2. The SMILES string of the molecule is NNC(CC1CCCC1)c1cc2cc(F)ccc2s1. The second-order valence-corrected chi connectivity index (χ2v) is 6.55. The minimum absolute atomic E-state index is 0.176. The highest BCUT2D eigenvalue weighted by molar-refractivity contribution is 7.19. The van der Waals surface area contributed by atoms with Gasteiger partial charge in [0.25, 0.3) is 0 Å². The minimum atomic E-state index is -0.176. The van der Waals surface area contributed by atoms with Gasteiger partial charge < -0.3 is 0 Å². The summed E-state index contributed by atoms with van der Waals surface area (Å²) in [4.78, 5) is 1.22. The quantitative estimate of drug-likeness (QED) is 0.652. The van der Waals surface area contributed by atoms with Crippen LogP contribution in [0.2, 0.25) is 0 Å². The molecule has 1 aromatic heterocycles. The van der Waals surface area contributed by atoms with Crippen molar-refractivity contribution in [2.24, 2.45) is 11.8 Å². The van der Waals surface area contributed by atoms with Crippen molar-refractivity contribution < 1.29 is 4.39 Å². The van der Waals surface area contributed by atoms with E-state index in [1.165, 1.54) is 36.6 Å². The van der Waals surface area contributed by atoms with Crippen LogP contribution in [0.5, 0.6) is 0 Å². The zero-order valence-electron chi connectivity index (χ0n) is 10.9. The molecular weight excluding hydrogens is 259 g/mol. The number of halogens is 1. The smallest absolute Gasteiger partial charge is 0.123 e. The van der Waals surface area contributed by atoms with Gasteiger partial charge in [-0.15, -0.1) is 11.3 Å². The summed E-state index contributed by atoms with van der Waals surface area (Å²) in [6.07, 6.45) is 6.42. The van der Waals surface area contributed by atoms with Crippen LogP contribution in [0.4, 0.5) is 4.39 Å². The van der Waals surface area contributed by atoms with Crippen molar-refractivity contribution in [1.29, 1.82) is 0 Å². The molecule has 2 nitrogen and oxygen atoms in total. The molecule has 2 aromatic rings. The normalized spacial score (nSPS) is 18.2. The van der Waals surface area contributed by atoms with Crippen molar-refractivity contribution in [3.8, 4) is 0 Å². The molecule has 19 heavy (non-hydrogen) atoms. The van der Waals surface area contributed by atoms with Crippen molar-refractivity contribution >= 4 is 21.4 Å². The van der Waals surface area contributed by atoms with E-state index < -0.39 is 0 Å². The van der Waals surface area contributed by atoms with Crippen molar-refractivity contribution in [2.75, 3.05) is 0 Å². The molecule has 0 bridgehead atoms. The van der Waals surface area contributed by atoms with E-state index in [-0.39, 0.29) is 11.9 Å². The predicted molar refractivity (Wildman–Crippen MR) is 78.4 cm³/mol. The topological polar surface area (TPSA) is 38.0 Å². The van der Waals surface area contributed by atoms with E-state index in [2.05, 4.69) is 11.5 Å². The van der Waals surface area contributed by atoms with E-state index in [1.807, 2.05) is 6.07 Å². The van der Waals surface area contributed by atoms with Gasteiger partial charge in [-0.05, 0) is 42.0 Å². The fourth-order valence-corrected chi connectivity index (χ4v) is 4.17. The van der Waals surface area contributed by atoms with Gasteiger partial charge in [0.05, 0.1) is 6.04 Å². The first kappa shape index (κ1) is 13.0. The van der Waals surface area contributed by atoms with Crippen LogP contribution in [-0.2, 0) is 0 Å². The molecule has 1 atom stereocenters. The molecule has 4 heteroatoms. The number of nitrogens with two attached hydrogens (primary N) is 1. The zero-order chi connectivity index (χ0) is 13.2. The van der Waals surface area contributed by atoms with Crippen molar-refractivity contribution in [1.82, 2.24) is 5.43 Å². The molecule has 1 heterocycles. The van der Waals surface area contributed by atoms with Crippen molar-refractivity contribution in [3.05, 3.63) is 35.0 Å². The number of thiophene rings is 1. The minimum Gasteiger partial charge on any atom is -0.271 e. The van der Waals surface area contributed by atoms with Crippen molar-refractivity contribution in [3.63, 3.8) is 0 Å². The summed E-state index contributed by atoms with van der Waals surface area (Å²) in [5.41, 5.74) is 2.94. The van der Waals surface area contributed by atoms with Crippen molar-refractivity contribution in [2.45, 2.75) is 38.1 Å². The summed E-state index contributed by atoms with van der Waals surface area (Å²) in [5.74, 6) is 6.32. The third-order valence-corrected chi connectivity index (χ3v) is 5.32. The lowest BCUT2D eigenvalue weighted by Gasteiger charge is -2.18. The van der Waals surface area contributed by atoms with Crippen LogP contribution < -0.4 is 11.3 Å². The highest BCUT2D eigenvalue weighted by atomic mass is 32.1. The molecule has 0 saturated heterocycles. The van der Waals surface area contributed by atoms with Crippen LogP contribution in [0.3, 0.4) is 0 Å². The second-order valence-electron chi connectivity index (χ2n) is 5.44. The molecule has 3 rings (SSSR count). The summed E-state index contributed by atoms with van der Waals surface area (Å²) in [6, 6.07) is 7.23. The molecule has 1 aliphatic rings. The Kier molecular flexibility index (Phi) is 3.82. The van der Waals surface area contributed by atoms with E-state index in [4.69, 9.17) is 5.84 Å². The Balaban J connectivity index is 1.83. The molecule has 0 radical (unpaired) electrons. The van der Waals surface area contributed by atoms with Gasteiger partial charge in [-0.1, -0.05) is 25.7 Å². The van der Waals surface area contributed by atoms with E-state index in [1.54, 1.807) is 17.4 Å². The second kappa shape index (κ2) is 5.57. The average molecular weight is 278 g/mol. The Hall–Kier alpha value is -0.970. The first-order valence-electron chi connectivity index (χ1n) is 6.91. The number of hydrazine groups is 1. The highest BCUT2D eigenvalue weighted by Crippen LogP contribution is 2.36. The van der Waals surface area contributed by atoms with E-state index >= 15 is 0 Å². The summed E-state index contributed by atoms with van der Waals surface area (Å²) < 4.78 is 14.3. The number of rotatable bonds is 4. The Morgan fingerprint density at radius 2 is 2.11 bits per heavy atom. The molecule has 1 aliphatic carbocycles. The monoisotopic (exact) mass is 278 g/mol. The molecule has 1 fully saturated rings. The van der Waals surface area contributed by atoms with Gasteiger partial charge in [0.15, 0.2) is 0 Å². The Morgan fingerprint density at radius 1 is 1.32 bits per heavy atom. The largest absolute Gasteiger partial charge is 0.271 e. The van der Waals surface area contributed by atoms with E-state index in [9.17, 15) is 4.39 Å². The van der Waals surface area contributed by atoms with Crippen LogP contribution in [0.1, 0.15) is 43.0 Å². The van der Waals surface area contributed by atoms with Gasteiger partial charge in [0, 0.05) is 9.58 Å². The molecule has 0 spiro atoms. The first-order chi connectivity index (χ1) is 9.26. The Morgan fingerprint density at radius 3 is 2.84 bits per heavy atom. The molecular formula is C15H19FN2S. The van der Waals surface area contributed by atoms with Gasteiger partial charge in [0.1, 0.15) is 5.82 Å². The van der Waals surface area contributed by atoms with E-state index in [0.717, 1.165) is 22.4 Å². The molecule has 102 valence electrons. The first-order valence-corrected chi connectivity index (χ1v) is 7.73. The highest BCUT2D eigenvalue weighted by Gasteiger charge is 2.21. The van der Waals surface area contributed by atoms with Crippen LogP contribution in [-0.4, -0.2) is 0 Å². The van der Waals surface area contributed by atoms with Gasteiger partial charge >= 0.3 is 0 Å². The number of hydrogen-bond acceptors (Lipinski definition) is 3. The maximum Gasteiger partial charge on any atom is 0.123 e. The van der Waals surface area contributed by atoms with Gasteiger partial charge in [0.2, 0.25) is 0 Å². The van der Waals surface area contributed by atoms with Crippen LogP contribution in [0, 0.1) is 11.7 Å². The summed E-state index contributed by atoms with van der Waals surface area (Å²) in [6.45, 7) is 0. The lowest BCUT2D eigenvalue weighted by atomic mass is 9.97. The zero-order valence-corrected chi connectivity index (χ0v) is 11.7. The standard InChI is InChI=1S/C15H19FN2S/c16-12-5-6-14-11(8-12)9-15(19-14)13(18-17)7-10-3-1-2-4-10/h5-6,8-10,13,18H,1-4,7,17H2. The van der Waals surface area contributed by atoms with Gasteiger partial charge in [-0.25, -0.2) is 4.39 Å². The third-order valence-electron chi connectivity index (χ3n) is 4.09. The van der Waals surface area contributed by atoms with Crippen LogP contribution in [0.25, 0.3) is 10.1 Å². The average Bonchev–Trinajstić information content (AvgIpc) is 3.03. The predicted octanol–water partition coefficient (Wildman–Crippen LogP) is 4.13. The van der Waals surface area contributed by atoms with Crippen LogP contribution in [0.15, 0.2) is 24.3 Å². The summed E-state index contributed by atoms with van der Waals surface area (Å²) in [5, 5.41) is 0.978. The number of fused-ring (bicyclic) bond motifs is 1. The number of nitrogens with one attached hydrogen (secondary N) is 1. The van der Waals surface area contributed by atoms with E-state index in [0.29, 0.717) is 0 Å². The molecule has 1 unspecified atom stereocenters. The molecule has 3 N–H and O–H groups in total. The fraction of sp³-hybridized carbons (Fsp3) is 0.467. The Bertz CT molecular complexity index is 560. The molecule has 0 amide bonds. The lowest BCUT2D eigenvalue weighted by Crippen LogP contribution is -2.28. The molecule has 1 saturated carbocycles.